The van der Waals surface area contributed by atoms with Crippen molar-refractivity contribution in [3.05, 3.63) is 59.0 Å². The fraction of sp³-hybridized carbons (Fsp3) is 0.353. The average molecular weight is 284 g/mol. The predicted octanol–water partition coefficient (Wildman–Crippen LogP) is 3.02. The summed E-state index contributed by atoms with van der Waals surface area (Å²) in [6, 6.07) is 11.9. The molecular weight excluding hydrogens is 264 g/mol. The van der Waals surface area contributed by atoms with Crippen LogP contribution < -0.4 is 5.73 Å². The molecule has 4 heteroatoms. The summed E-state index contributed by atoms with van der Waals surface area (Å²) in [6.45, 7) is 3.18. The van der Waals surface area contributed by atoms with Crippen molar-refractivity contribution in [2.75, 3.05) is 6.54 Å². The zero-order chi connectivity index (χ0) is 14.8. The number of nitrogens with zero attached hydrogens (tertiary/aromatic N) is 1. The Bertz CT molecular complexity index is 648. The van der Waals surface area contributed by atoms with Crippen LogP contribution in [0.2, 0.25) is 0 Å². The van der Waals surface area contributed by atoms with Gasteiger partial charge in [0.1, 0.15) is 5.76 Å². The Morgan fingerprint density at radius 2 is 2.14 bits per heavy atom. The number of carbonyl (C=O) groups is 1. The minimum absolute atomic E-state index is 0.0412. The summed E-state index contributed by atoms with van der Waals surface area (Å²) in [4.78, 5) is 14.6. The summed E-state index contributed by atoms with van der Waals surface area (Å²) in [5, 5.41) is 0. The summed E-state index contributed by atoms with van der Waals surface area (Å²) in [6.07, 6.45) is 2.02. The fourth-order valence-corrected chi connectivity index (χ4v) is 3.04. The number of hydrogen-bond donors (Lipinski definition) is 1. The molecule has 1 aliphatic heterocycles. The van der Waals surface area contributed by atoms with Crippen LogP contribution in [0.5, 0.6) is 0 Å². The normalized spacial score (nSPS) is 18.2. The number of amides is 1. The summed E-state index contributed by atoms with van der Waals surface area (Å²) >= 11 is 0. The van der Waals surface area contributed by atoms with Crippen LogP contribution >= 0.6 is 0 Å². The Morgan fingerprint density at radius 1 is 1.33 bits per heavy atom. The van der Waals surface area contributed by atoms with Crippen LogP contribution in [0.4, 0.5) is 0 Å². The van der Waals surface area contributed by atoms with Gasteiger partial charge in [0.2, 0.25) is 0 Å². The molecule has 0 radical (unpaired) electrons. The monoisotopic (exact) mass is 284 g/mol. The maximum Gasteiger partial charge on any atom is 0.290 e. The highest BCUT2D eigenvalue weighted by Crippen LogP contribution is 2.34. The van der Waals surface area contributed by atoms with Gasteiger partial charge in [0.15, 0.2) is 5.76 Å². The van der Waals surface area contributed by atoms with E-state index in [1.807, 2.05) is 17.0 Å². The largest absolute Gasteiger partial charge is 0.455 e. The van der Waals surface area contributed by atoms with Crippen molar-refractivity contribution in [2.45, 2.75) is 32.4 Å². The number of benzene rings is 1. The van der Waals surface area contributed by atoms with E-state index in [9.17, 15) is 4.79 Å². The molecule has 21 heavy (non-hydrogen) atoms. The Morgan fingerprint density at radius 3 is 2.86 bits per heavy atom. The molecule has 1 atom stereocenters. The number of nitrogens with two attached hydrogens (primary N) is 1. The summed E-state index contributed by atoms with van der Waals surface area (Å²) < 4.78 is 5.51. The van der Waals surface area contributed by atoms with Gasteiger partial charge in [-0.15, -0.1) is 0 Å². The van der Waals surface area contributed by atoms with Gasteiger partial charge in [-0.2, -0.15) is 0 Å². The second-order valence-corrected chi connectivity index (χ2v) is 5.48. The lowest BCUT2D eigenvalue weighted by atomic mass is 9.99. The van der Waals surface area contributed by atoms with Crippen molar-refractivity contribution in [2.24, 2.45) is 5.73 Å². The zero-order valence-corrected chi connectivity index (χ0v) is 12.2. The quantitative estimate of drug-likeness (QED) is 0.942. The SMILES string of the molecule is Cc1ccccc1C1CCCN1C(=O)c1ccc(CN)o1. The van der Waals surface area contributed by atoms with Crippen molar-refractivity contribution < 1.29 is 9.21 Å². The first kappa shape index (κ1) is 13.9. The lowest BCUT2D eigenvalue weighted by Crippen LogP contribution is -2.30. The predicted molar refractivity (Wildman–Crippen MR) is 80.8 cm³/mol. The number of likely N-dealkylation sites (tertiary alicyclic amines) is 1. The second kappa shape index (κ2) is 5.74. The highest BCUT2D eigenvalue weighted by Gasteiger charge is 2.32. The molecule has 110 valence electrons. The number of carbonyl (C=O) groups excluding carboxylic acids is 1. The molecule has 1 amide bonds. The third kappa shape index (κ3) is 2.59. The Labute approximate surface area is 124 Å². The molecule has 3 rings (SSSR count). The van der Waals surface area contributed by atoms with Crippen LogP contribution in [0.3, 0.4) is 0 Å². The number of aryl methyl sites for hydroxylation is 1. The Hall–Kier alpha value is -2.07. The van der Waals surface area contributed by atoms with E-state index in [-0.39, 0.29) is 11.9 Å². The highest BCUT2D eigenvalue weighted by molar-refractivity contribution is 5.92. The Kier molecular flexibility index (Phi) is 3.80. The van der Waals surface area contributed by atoms with Gasteiger partial charge in [-0.3, -0.25) is 4.79 Å². The molecule has 2 N–H and O–H groups in total. The summed E-state index contributed by atoms with van der Waals surface area (Å²) in [7, 11) is 0. The first-order valence-corrected chi connectivity index (χ1v) is 7.36. The molecule has 0 bridgehead atoms. The summed E-state index contributed by atoms with van der Waals surface area (Å²) in [5.74, 6) is 0.987. The second-order valence-electron chi connectivity index (χ2n) is 5.48. The van der Waals surface area contributed by atoms with Crippen molar-refractivity contribution >= 4 is 5.91 Å². The standard InChI is InChI=1S/C17H20N2O2/c1-12-5-2-3-6-14(12)15-7-4-10-19(15)17(20)16-9-8-13(11-18)21-16/h2-3,5-6,8-9,15H,4,7,10-11,18H2,1H3. The first-order valence-electron chi connectivity index (χ1n) is 7.36. The minimum atomic E-state index is -0.0412. The van der Waals surface area contributed by atoms with Crippen molar-refractivity contribution in [3.63, 3.8) is 0 Å². The van der Waals surface area contributed by atoms with Gasteiger partial charge in [0, 0.05) is 6.54 Å². The number of hydrogen-bond acceptors (Lipinski definition) is 3. The average Bonchev–Trinajstić information content (AvgIpc) is 3.16. The van der Waals surface area contributed by atoms with Gasteiger partial charge in [0.05, 0.1) is 12.6 Å². The molecule has 1 saturated heterocycles. The lowest BCUT2D eigenvalue weighted by molar-refractivity contribution is 0.0701. The number of rotatable bonds is 3. The maximum absolute atomic E-state index is 12.7. The minimum Gasteiger partial charge on any atom is -0.455 e. The molecule has 1 unspecified atom stereocenters. The van der Waals surface area contributed by atoms with E-state index in [0.29, 0.717) is 18.1 Å². The van der Waals surface area contributed by atoms with Crippen LogP contribution in [0.1, 0.15) is 46.3 Å². The molecule has 1 fully saturated rings. The fourth-order valence-electron chi connectivity index (χ4n) is 3.04. The van der Waals surface area contributed by atoms with Crippen molar-refractivity contribution in [3.8, 4) is 0 Å². The third-order valence-corrected chi connectivity index (χ3v) is 4.13. The molecule has 1 aromatic heterocycles. The van der Waals surface area contributed by atoms with E-state index in [2.05, 4.69) is 19.1 Å². The third-order valence-electron chi connectivity index (χ3n) is 4.13. The molecule has 0 spiro atoms. The molecule has 2 aromatic rings. The zero-order valence-electron chi connectivity index (χ0n) is 12.2. The highest BCUT2D eigenvalue weighted by atomic mass is 16.4. The molecule has 1 aromatic carbocycles. The molecule has 2 heterocycles. The van der Waals surface area contributed by atoms with E-state index in [1.54, 1.807) is 12.1 Å². The van der Waals surface area contributed by atoms with Gasteiger partial charge in [-0.05, 0) is 43.0 Å². The van der Waals surface area contributed by atoms with Gasteiger partial charge in [-0.1, -0.05) is 24.3 Å². The van der Waals surface area contributed by atoms with Crippen molar-refractivity contribution in [1.29, 1.82) is 0 Å². The van der Waals surface area contributed by atoms with E-state index in [1.165, 1.54) is 11.1 Å². The van der Waals surface area contributed by atoms with Crippen molar-refractivity contribution in [1.82, 2.24) is 4.90 Å². The summed E-state index contributed by atoms with van der Waals surface area (Å²) in [5.41, 5.74) is 7.99. The first-order chi connectivity index (χ1) is 10.2. The molecule has 0 saturated carbocycles. The van der Waals surface area contributed by atoms with Crippen LogP contribution in [-0.2, 0) is 6.54 Å². The smallest absolute Gasteiger partial charge is 0.290 e. The van der Waals surface area contributed by atoms with Crippen LogP contribution in [0.25, 0.3) is 0 Å². The van der Waals surface area contributed by atoms with E-state index >= 15 is 0 Å². The molecule has 0 aliphatic carbocycles. The number of furan rings is 1. The van der Waals surface area contributed by atoms with E-state index < -0.39 is 0 Å². The van der Waals surface area contributed by atoms with Crippen LogP contribution in [-0.4, -0.2) is 17.4 Å². The molecule has 1 aliphatic rings. The van der Waals surface area contributed by atoms with E-state index in [0.717, 1.165) is 19.4 Å². The molecule has 4 nitrogen and oxygen atoms in total. The topological polar surface area (TPSA) is 59.5 Å². The van der Waals surface area contributed by atoms with Crippen LogP contribution in [0, 0.1) is 6.92 Å². The van der Waals surface area contributed by atoms with Gasteiger partial charge in [-0.25, -0.2) is 0 Å². The Balaban J connectivity index is 1.87. The lowest BCUT2D eigenvalue weighted by Gasteiger charge is -2.25. The maximum atomic E-state index is 12.7. The van der Waals surface area contributed by atoms with E-state index in [4.69, 9.17) is 10.2 Å². The van der Waals surface area contributed by atoms with Gasteiger partial charge in [0.25, 0.3) is 5.91 Å². The van der Waals surface area contributed by atoms with Gasteiger partial charge >= 0.3 is 0 Å². The van der Waals surface area contributed by atoms with Gasteiger partial charge < -0.3 is 15.1 Å². The molecular formula is C17H20N2O2. The van der Waals surface area contributed by atoms with Crippen LogP contribution in [0.15, 0.2) is 40.8 Å².